The van der Waals surface area contributed by atoms with E-state index in [2.05, 4.69) is 20.8 Å². The lowest BCUT2D eigenvalue weighted by Gasteiger charge is -2.47. The second-order valence-corrected chi connectivity index (χ2v) is 8.16. The van der Waals surface area contributed by atoms with Crippen molar-refractivity contribution in [3.05, 3.63) is 0 Å². The Morgan fingerprint density at radius 1 is 0.565 bits per heavy atom. The molecule has 1 nitrogen and oxygen atoms in total. The summed E-state index contributed by atoms with van der Waals surface area (Å²) >= 11 is 0. The molecule has 0 radical (unpaired) electrons. The molecule has 0 saturated heterocycles. The number of hydrogen-bond acceptors (Lipinski definition) is 0. The van der Waals surface area contributed by atoms with Gasteiger partial charge < -0.3 is 4.48 Å². The van der Waals surface area contributed by atoms with Crippen LogP contribution in [-0.4, -0.2) is 30.2 Å². The van der Waals surface area contributed by atoms with Gasteiger partial charge in [-0.15, -0.1) is 0 Å². The first-order valence-electron chi connectivity index (χ1n) is 11.1. The van der Waals surface area contributed by atoms with Gasteiger partial charge in [-0.05, 0) is 51.4 Å². The van der Waals surface area contributed by atoms with E-state index < -0.39 is 0 Å². The summed E-state index contributed by atoms with van der Waals surface area (Å²) in [6.45, 7) is 11.5. The third kappa shape index (κ3) is 8.05. The molecule has 1 aliphatic carbocycles. The number of quaternary nitrogens is 1. The van der Waals surface area contributed by atoms with Crippen molar-refractivity contribution in [1.29, 1.82) is 0 Å². The third-order valence-corrected chi connectivity index (χ3v) is 6.14. The minimum Gasteiger partial charge on any atom is -0.321 e. The van der Waals surface area contributed by atoms with Crippen LogP contribution in [-0.2, 0) is 0 Å². The highest BCUT2D eigenvalue weighted by Gasteiger charge is 2.35. The van der Waals surface area contributed by atoms with E-state index in [9.17, 15) is 0 Å². The van der Waals surface area contributed by atoms with Gasteiger partial charge in [0.1, 0.15) is 0 Å². The summed E-state index contributed by atoms with van der Waals surface area (Å²) in [5.41, 5.74) is 0. The van der Waals surface area contributed by atoms with Gasteiger partial charge in [0, 0.05) is 0 Å². The van der Waals surface area contributed by atoms with Gasteiger partial charge in [-0.1, -0.05) is 65.7 Å². The Bertz CT molecular complexity index is 249. The number of hydrogen-bond donors (Lipinski definition) is 0. The van der Waals surface area contributed by atoms with Gasteiger partial charge in [-0.25, -0.2) is 0 Å². The smallest absolute Gasteiger partial charge is 0.0890 e. The van der Waals surface area contributed by atoms with Crippen LogP contribution < -0.4 is 0 Å². The Balaban J connectivity index is 2.36. The molecule has 0 unspecified atom stereocenters. The van der Waals surface area contributed by atoms with Gasteiger partial charge in [0.05, 0.1) is 25.7 Å². The highest BCUT2D eigenvalue weighted by molar-refractivity contribution is 4.68. The Labute approximate surface area is 147 Å². The van der Waals surface area contributed by atoms with Crippen LogP contribution in [0.2, 0.25) is 0 Å². The molecule has 0 spiro atoms. The summed E-state index contributed by atoms with van der Waals surface area (Å²) in [5.74, 6) is 0. The summed E-state index contributed by atoms with van der Waals surface area (Å²) in [6, 6.07) is 0.994. The Kier molecular flexibility index (Phi) is 12.1. The molecule has 1 fully saturated rings. The van der Waals surface area contributed by atoms with Crippen LogP contribution in [0.15, 0.2) is 0 Å². The van der Waals surface area contributed by atoms with Crippen molar-refractivity contribution in [2.24, 2.45) is 0 Å². The monoisotopic (exact) mass is 324 g/mol. The van der Waals surface area contributed by atoms with E-state index in [0.29, 0.717) is 0 Å². The van der Waals surface area contributed by atoms with E-state index in [-0.39, 0.29) is 0 Å². The fourth-order valence-corrected chi connectivity index (χ4v) is 4.96. The molecular formula is C22H46N+. The van der Waals surface area contributed by atoms with Gasteiger partial charge in [0.25, 0.3) is 0 Å². The molecule has 0 aromatic heterocycles. The summed E-state index contributed by atoms with van der Waals surface area (Å²) in [7, 11) is 0. The van der Waals surface area contributed by atoms with Crippen molar-refractivity contribution >= 4 is 0 Å². The average Bonchev–Trinajstić information content (AvgIpc) is 2.58. The fourth-order valence-electron chi connectivity index (χ4n) is 4.96. The lowest BCUT2D eigenvalue weighted by molar-refractivity contribution is -0.952. The van der Waals surface area contributed by atoms with Crippen LogP contribution in [0.3, 0.4) is 0 Å². The molecule has 0 aromatic rings. The molecule has 1 aliphatic rings. The highest BCUT2D eigenvalue weighted by atomic mass is 15.4. The molecular weight excluding hydrogens is 278 g/mol. The van der Waals surface area contributed by atoms with Crippen molar-refractivity contribution in [3.63, 3.8) is 0 Å². The summed E-state index contributed by atoms with van der Waals surface area (Å²) in [4.78, 5) is 0. The third-order valence-electron chi connectivity index (χ3n) is 6.14. The van der Waals surface area contributed by atoms with E-state index in [1.807, 2.05) is 0 Å². The van der Waals surface area contributed by atoms with Crippen molar-refractivity contribution in [1.82, 2.24) is 0 Å². The molecule has 0 bridgehead atoms. The molecule has 23 heavy (non-hydrogen) atoms. The minimum atomic E-state index is 0.994. The van der Waals surface area contributed by atoms with Crippen LogP contribution in [0.4, 0.5) is 0 Å². The topological polar surface area (TPSA) is 0 Å². The zero-order valence-corrected chi connectivity index (χ0v) is 16.8. The summed E-state index contributed by atoms with van der Waals surface area (Å²) in [5, 5.41) is 0. The Hall–Kier alpha value is -0.0400. The molecule has 1 heteroatoms. The Morgan fingerprint density at radius 2 is 1.09 bits per heavy atom. The molecule has 0 N–H and O–H groups in total. The van der Waals surface area contributed by atoms with Crippen LogP contribution in [0.1, 0.15) is 117 Å². The molecule has 0 aliphatic heterocycles. The minimum absolute atomic E-state index is 0.994. The van der Waals surface area contributed by atoms with E-state index in [4.69, 9.17) is 0 Å². The molecule has 0 aromatic carbocycles. The van der Waals surface area contributed by atoms with Gasteiger partial charge in [-0.2, -0.15) is 0 Å². The zero-order valence-electron chi connectivity index (χ0n) is 16.8. The number of nitrogens with zero attached hydrogens (tertiary/aromatic N) is 1. The van der Waals surface area contributed by atoms with Gasteiger partial charge in [-0.3, -0.25) is 0 Å². The highest BCUT2D eigenvalue weighted by Crippen LogP contribution is 2.30. The maximum Gasteiger partial charge on any atom is 0.0890 e. The van der Waals surface area contributed by atoms with E-state index >= 15 is 0 Å². The van der Waals surface area contributed by atoms with Crippen molar-refractivity contribution in [2.45, 2.75) is 123 Å². The maximum absolute atomic E-state index is 2.40. The van der Waals surface area contributed by atoms with E-state index in [1.54, 1.807) is 0 Å². The number of unbranched alkanes of at least 4 members (excludes halogenated alkanes) is 7. The van der Waals surface area contributed by atoms with Crippen LogP contribution in [0.25, 0.3) is 0 Å². The molecule has 1 saturated carbocycles. The van der Waals surface area contributed by atoms with E-state index in [1.165, 1.54) is 120 Å². The van der Waals surface area contributed by atoms with Crippen molar-refractivity contribution in [2.75, 3.05) is 19.6 Å². The zero-order chi connectivity index (χ0) is 16.8. The van der Waals surface area contributed by atoms with E-state index in [0.717, 1.165) is 6.04 Å². The molecule has 0 amide bonds. The standard InChI is InChI=1S/C22H46N/c1-4-7-8-9-10-11-12-16-21-23(19-5-2,20-6-3)22-17-14-13-15-18-22/h22H,4-21H2,1-3H3/q+1. The fraction of sp³-hybridized carbons (Fsp3) is 1.00. The van der Waals surface area contributed by atoms with Gasteiger partial charge in [0.15, 0.2) is 0 Å². The normalized spacial score (nSPS) is 16.8. The summed E-state index contributed by atoms with van der Waals surface area (Å²) in [6.07, 6.45) is 21.9. The first kappa shape index (κ1) is 21.0. The average molecular weight is 325 g/mol. The molecule has 0 heterocycles. The Morgan fingerprint density at radius 3 is 1.61 bits per heavy atom. The quantitative estimate of drug-likeness (QED) is 0.236. The SMILES string of the molecule is CCCCCCCCCC[N+](CCC)(CCC)C1CCCCC1. The van der Waals surface area contributed by atoms with Crippen molar-refractivity contribution in [3.8, 4) is 0 Å². The largest absolute Gasteiger partial charge is 0.321 e. The number of rotatable bonds is 14. The predicted molar refractivity (Wildman–Crippen MR) is 105 cm³/mol. The predicted octanol–water partition coefficient (Wildman–Crippen LogP) is 7.10. The van der Waals surface area contributed by atoms with Gasteiger partial charge in [0.2, 0.25) is 0 Å². The lowest BCUT2D eigenvalue weighted by Crippen LogP contribution is -2.57. The second kappa shape index (κ2) is 13.3. The molecule has 1 rings (SSSR count). The first-order valence-corrected chi connectivity index (χ1v) is 11.1. The first-order chi connectivity index (χ1) is 11.3. The van der Waals surface area contributed by atoms with Crippen LogP contribution in [0, 0.1) is 0 Å². The van der Waals surface area contributed by atoms with Crippen LogP contribution >= 0.6 is 0 Å². The lowest BCUT2D eigenvalue weighted by atomic mass is 9.91. The maximum atomic E-state index is 2.40. The summed E-state index contributed by atoms with van der Waals surface area (Å²) < 4.78 is 1.48. The molecule has 0 atom stereocenters. The van der Waals surface area contributed by atoms with Crippen molar-refractivity contribution < 1.29 is 4.48 Å². The van der Waals surface area contributed by atoms with Crippen LogP contribution in [0.5, 0.6) is 0 Å². The molecule has 138 valence electrons. The van der Waals surface area contributed by atoms with Gasteiger partial charge >= 0.3 is 0 Å². The second-order valence-electron chi connectivity index (χ2n) is 8.16.